The molecule has 0 aliphatic rings. The third-order valence-electron chi connectivity index (χ3n) is 2.60. The van der Waals surface area contributed by atoms with E-state index in [9.17, 15) is 14.4 Å². The fraction of sp³-hybridized carbons (Fsp3) is 0.750. The number of carbonyl (C=O) groups excluding carboxylic acids is 2. The van der Waals surface area contributed by atoms with E-state index >= 15 is 0 Å². The first-order valence-electron chi connectivity index (χ1n) is 6.53. The van der Waals surface area contributed by atoms with Crippen molar-refractivity contribution < 1.29 is 19.5 Å². The molecule has 0 aliphatic carbocycles. The number of amides is 3. The van der Waals surface area contributed by atoms with Crippen LogP contribution in [-0.4, -0.2) is 61.1 Å². The molecule has 1 atom stereocenters. The van der Waals surface area contributed by atoms with Crippen LogP contribution in [0, 0.1) is 0 Å². The first-order chi connectivity index (χ1) is 9.32. The average Bonchev–Trinajstić information content (AvgIpc) is 2.32. The number of nitrogens with two attached hydrogens (primary N) is 1. The highest BCUT2D eigenvalue weighted by Gasteiger charge is 2.20. The Morgan fingerprint density at radius 3 is 2.40 bits per heavy atom. The number of hydrogen-bond acceptors (Lipinski definition) is 4. The molecule has 0 bridgehead atoms. The predicted molar refractivity (Wildman–Crippen MR) is 74.2 cm³/mol. The van der Waals surface area contributed by atoms with Gasteiger partial charge in [0.15, 0.2) is 0 Å². The van der Waals surface area contributed by atoms with Crippen LogP contribution in [0.3, 0.4) is 0 Å². The zero-order chi connectivity index (χ0) is 15.5. The summed E-state index contributed by atoms with van der Waals surface area (Å²) < 4.78 is 0. The van der Waals surface area contributed by atoms with E-state index in [1.165, 1.54) is 0 Å². The zero-order valence-corrected chi connectivity index (χ0v) is 12.0. The largest absolute Gasteiger partial charge is 0.480 e. The number of rotatable bonds is 10. The lowest BCUT2D eigenvalue weighted by Gasteiger charge is -2.14. The van der Waals surface area contributed by atoms with Crippen LogP contribution in [0.4, 0.5) is 4.79 Å². The lowest BCUT2D eigenvalue weighted by atomic mass is 10.1. The molecule has 0 saturated carbocycles. The number of nitrogens with zero attached hydrogens (tertiary/aromatic N) is 1. The van der Waals surface area contributed by atoms with Crippen LogP contribution >= 0.6 is 0 Å². The number of urea groups is 1. The Kier molecular flexibility index (Phi) is 9.10. The van der Waals surface area contributed by atoms with Gasteiger partial charge in [-0.15, -0.1) is 0 Å². The van der Waals surface area contributed by atoms with Gasteiger partial charge >= 0.3 is 12.0 Å². The summed E-state index contributed by atoms with van der Waals surface area (Å²) in [6.07, 6.45) is 1.65. The maximum absolute atomic E-state index is 11.5. The van der Waals surface area contributed by atoms with E-state index in [2.05, 4.69) is 10.6 Å². The Hall–Kier alpha value is -1.83. The monoisotopic (exact) mass is 288 g/mol. The van der Waals surface area contributed by atoms with Gasteiger partial charge in [0.1, 0.15) is 6.04 Å². The molecule has 0 heterocycles. The number of primary amides is 1. The third kappa shape index (κ3) is 10.1. The summed E-state index contributed by atoms with van der Waals surface area (Å²) in [6, 6.07) is -1.66. The minimum Gasteiger partial charge on any atom is -0.480 e. The predicted octanol–water partition coefficient (Wildman–Crippen LogP) is -0.654. The molecule has 0 radical (unpaired) electrons. The number of carbonyl (C=O) groups is 3. The Morgan fingerprint density at radius 1 is 1.25 bits per heavy atom. The number of unbranched alkanes of at least 4 members (excludes halogenated alkanes) is 1. The van der Waals surface area contributed by atoms with Crippen LogP contribution in [-0.2, 0) is 9.59 Å². The standard InChI is InChI=1S/C12H24N4O4/c1-16(2)8-4-3-7-14-12(20)15-9(11(18)19)5-6-10(13)17/h9H,3-8H2,1-2H3,(H2,13,17)(H,18,19)(H2,14,15,20)/t9-/m1/s1. The Balaban J connectivity index is 3.89. The molecule has 0 spiro atoms. The number of hydrogen-bond donors (Lipinski definition) is 4. The first-order valence-corrected chi connectivity index (χ1v) is 6.53. The molecular formula is C12H24N4O4. The normalized spacial score (nSPS) is 11.9. The van der Waals surface area contributed by atoms with Gasteiger partial charge in [-0.25, -0.2) is 9.59 Å². The van der Waals surface area contributed by atoms with Crippen molar-refractivity contribution in [2.24, 2.45) is 5.73 Å². The van der Waals surface area contributed by atoms with E-state index in [1.54, 1.807) is 0 Å². The molecule has 0 aromatic rings. The Labute approximate surface area is 118 Å². The van der Waals surface area contributed by atoms with Gasteiger partial charge in [0.25, 0.3) is 0 Å². The van der Waals surface area contributed by atoms with Gasteiger partial charge in [0.2, 0.25) is 5.91 Å². The third-order valence-corrected chi connectivity index (χ3v) is 2.60. The fourth-order valence-corrected chi connectivity index (χ4v) is 1.51. The van der Waals surface area contributed by atoms with E-state index in [0.29, 0.717) is 6.54 Å². The minimum atomic E-state index is -1.19. The summed E-state index contributed by atoms with van der Waals surface area (Å²) in [5.41, 5.74) is 4.95. The van der Waals surface area contributed by atoms with Crippen LogP contribution < -0.4 is 16.4 Å². The van der Waals surface area contributed by atoms with Crippen molar-refractivity contribution in [2.75, 3.05) is 27.2 Å². The van der Waals surface area contributed by atoms with Crippen molar-refractivity contribution in [3.8, 4) is 0 Å². The van der Waals surface area contributed by atoms with Gasteiger partial charge in [0, 0.05) is 13.0 Å². The van der Waals surface area contributed by atoms with Crippen molar-refractivity contribution in [1.29, 1.82) is 0 Å². The lowest BCUT2D eigenvalue weighted by molar-refractivity contribution is -0.139. The molecule has 20 heavy (non-hydrogen) atoms. The highest BCUT2D eigenvalue weighted by molar-refractivity contribution is 5.83. The average molecular weight is 288 g/mol. The van der Waals surface area contributed by atoms with Gasteiger partial charge in [0.05, 0.1) is 0 Å². The summed E-state index contributed by atoms with van der Waals surface area (Å²) >= 11 is 0. The molecule has 0 saturated heterocycles. The van der Waals surface area contributed by atoms with E-state index in [1.807, 2.05) is 19.0 Å². The smallest absolute Gasteiger partial charge is 0.326 e. The topological polar surface area (TPSA) is 125 Å². The summed E-state index contributed by atoms with van der Waals surface area (Å²) in [6.45, 7) is 1.40. The van der Waals surface area contributed by atoms with E-state index in [4.69, 9.17) is 10.8 Å². The number of carboxylic acid groups (broad SMARTS) is 1. The van der Waals surface area contributed by atoms with Crippen LogP contribution in [0.2, 0.25) is 0 Å². The van der Waals surface area contributed by atoms with Crippen LogP contribution in [0.25, 0.3) is 0 Å². The van der Waals surface area contributed by atoms with Crippen LogP contribution in [0.5, 0.6) is 0 Å². The van der Waals surface area contributed by atoms with E-state index in [0.717, 1.165) is 19.4 Å². The van der Waals surface area contributed by atoms with Crippen LogP contribution in [0.15, 0.2) is 0 Å². The maximum atomic E-state index is 11.5. The van der Waals surface area contributed by atoms with Crippen molar-refractivity contribution in [3.63, 3.8) is 0 Å². The summed E-state index contributed by atoms with van der Waals surface area (Å²) in [5.74, 6) is -1.78. The Morgan fingerprint density at radius 2 is 1.90 bits per heavy atom. The second kappa shape index (κ2) is 10.0. The van der Waals surface area contributed by atoms with Gasteiger partial charge < -0.3 is 26.4 Å². The highest BCUT2D eigenvalue weighted by atomic mass is 16.4. The van der Waals surface area contributed by atoms with Gasteiger partial charge in [-0.05, 0) is 39.9 Å². The molecule has 0 rings (SSSR count). The molecule has 0 unspecified atom stereocenters. The van der Waals surface area contributed by atoms with Crippen LogP contribution in [0.1, 0.15) is 25.7 Å². The number of carboxylic acids is 1. The minimum absolute atomic E-state index is 0.0152. The molecule has 0 aromatic carbocycles. The molecule has 0 fully saturated rings. The fourth-order valence-electron chi connectivity index (χ4n) is 1.51. The zero-order valence-electron chi connectivity index (χ0n) is 12.0. The highest BCUT2D eigenvalue weighted by Crippen LogP contribution is 1.97. The summed E-state index contributed by atoms with van der Waals surface area (Å²) in [4.78, 5) is 35.0. The van der Waals surface area contributed by atoms with E-state index < -0.39 is 23.9 Å². The van der Waals surface area contributed by atoms with Gasteiger partial charge in [-0.1, -0.05) is 0 Å². The molecule has 0 aliphatic heterocycles. The van der Waals surface area contributed by atoms with Gasteiger partial charge in [-0.2, -0.15) is 0 Å². The Bertz CT molecular complexity index is 333. The van der Waals surface area contributed by atoms with Crippen molar-refractivity contribution in [2.45, 2.75) is 31.7 Å². The lowest BCUT2D eigenvalue weighted by Crippen LogP contribution is -2.46. The second-order valence-corrected chi connectivity index (χ2v) is 4.81. The number of nitrogens with one attached hydrogen (secondary N) is 2. The number of aliphatic carboxylic acids is 1. The molecule has 116 valence electrons. The van der Waals surface area contributed by atoms with Crippen molar-refractivity contribution in [1.82, 2.24) is 15.5 Å². The summed E-state index contributed by atoms with van der Waals surface area (Å²) in [5, 5.41) is 13.8. The molecule has 3 amide bonds. The summed E-state index contributed by atoms with van der Waals surface area (Å²) in [7, 11) is 3.94. The molecule has 0 aromatic heterocycles. The molecule has 5 N–H and O–H groups in total. The van der Waals surface area contributed by atoms with E-state index in [-0.39, 0.29) is 12.8 Å². The maximum Gasteiger partial charge on any atom is 0.326 e. The second-order valence-electron chi connectivity index (χ2n) is 4.81. The SMILES string of the molecule is CN(C)CCCCNC(=O)N[C@H](CCC(N)=O)C(=O)O. The van der Waals surface area contributed by atoms with Crippen molar-refractivity contribution >= 4 is 17.9 Å². The molecular weight excluding hydrogens is 264 g/mol. The van der Waals surface area contributed by atoms with Crippen molar-refractivity contribution in [3.05, 3.63) is 0 Å². The van der Waals surface area contributed by atoms with Gasteiger partial charge in [-0.3, -0.25) is 4.79 Å². The molecule has 8 heteroatoms. The quantitative estimate of drug-likeness (QED) is 0.397. The molecule has 8 nitrogen and oxygen atoms in total. The first kappa shape index (κ1) is 18.2.